The molecule has 3 aromatic rings. The summed E-state index contributed by atoms with van der Waals surface area (Å²) in [7, 11) is 0. The first kappa shape index (κ1) is 32.9. The van der Waals surface area contributed by atoms with E-state index in [4.69, 9.17) is 15.5 Å². The summed E-state index contributed by atoms with van der Waals surface area (Å²) in [6, 6.07) is 18.5. The molecule has 0 spiro atoms. The number of ketones is 1. The van der Waals surface area contributed by atoms with E-state index in [1.54, 1.807) is 18.2 Å². The van der Waals surface area contributed by atoms with Gasteiger partial charge >= 0.3 is 0 Å². The maximum absolute atomic E-state index is 12.5. The zero-order chi connectivity index (χ0) is 34.6. The highest BCUT2D eigenvalue weighted by molar-refractivity contribution is 5.97. The average Bonchev–Trinajstić information content (AvgIpc) is 3.82. The van der Waals surface area contributed by atoms with Crippen molar-refractivity contribution in [3.05, 3.63) is 99.9 Å². The summed E-state index contributed by atoms with van der Waals surface area (Å²) in [4.78, 5) is 18.6. The molecule has 0 aromatic heterocycles. The summed E-state index contributed by atoms with van der Waals surface area (Å²) in [6.45, 7) is 3.04. The number of aliphatic hydroxyl groups is 2. The fraction of sp³-hybridized carbons (Fsp3) is 0.415. The molecule has 1 saturated carbocycles. The lowest BCUT2D eigenvalue weighted by Crippen LogP contribution is -3.07. The van der Waals surface area contributed by atoms with Gasteiger partial charge in [-0.1, -0.05) is 56.2 Å². The van der Waals surface area contributed by atoms with E-state index >= 15 is 0 Å². The lowest BCUT2D eigenvalue weighted by Gasteiger charge is -2.46. The number of quaternary nitrogens is 1. The van der Waals surface area contributed by atoms with Crippen LogP contribution in [0.15, 0.2) is 82.6 Å². The molecule has 50 heavy (non-hydrogen) atoms. The van der Waals surface area contributed by atoms with Crippen LogP contribution in [0, 0.1) is 0 Å². The van der Waals surface area contributed by atoms with Crippen LogP contribution in [0.4, 0.5) is 5.69 Å². The number of aliphatic imine (C=N–C) groups is 1. The van der Waals surface area contributed by atoms with E-state index in [0.29, 0.717) is 31.2 Å². The van der Waals surface area contributed by atoms with Crippen molar-refractivity contribution in [2.24, 2.45) is 10.7 Å². The molecule has 7 N–H and O–H groups in total. The summed E-state index contributed by atoms with van der Waals surface area (Å²) >= 11 is 0. The molecule has 0 saturated heterocycles. The fourth-order valence-electron chi connectivity index (χ4n) is 9.39. The smallest absolute Gasteiger partial charge is 0.227 e. The van der Waals surface area contributed by atoms with E-state index in [1.807, 2.05) is 6.92 Å². The predicted octanol–water partition coefficient (Wildman–Crippen LogP) is 4.92. The second-order valence-corrected chi connectivity index (χ2v) is 14.8. The normalized spacial score (nSPS) is 25.0. The summed E-state index contributed by atoms with van der Waals surface area (Å²) in [5.41, 5.74) is 18.7. The Morgan fingerprint density at radius 1 is 1.12 bits per heavy atom. The average molecular weight is 676 g/mol. The Hall–Kier alpha value is -4.28. The Kier molecular flexibility index (Phi) is 8.63. The number of aryl methyl sites for hydroxylation is 1. The van der Waals surface area contributed by atoms with Crippen LogP contribution in [0.5, 0.6) is 11.5 Å². The predicted molar refractivity (Wildman–Crippen MR) is 193 cm³/mol. The van der Waals surface area contributed by atoms with Gasteiger partial charge in [-0.05, 0) is 89.6 Å². The molecule has 0 bridgehead atoms. The van der Waals surface area contributed by atoms with Crippen LogP contribution in [0.3, 0.4) is 0 Å². The number of fused-ring (bicyclic) bond motifs is 4. The molecule has 3 aromatic carbocycles. The van der Waals surface area contributed by atoms with Crippen molar-refractivity contribution < 1.29 is 29.8 Å². The van der Waals surface area contributed by atoms with Gasteiger partial charge in [0.1, 0.15) is 30.4 Å². The highest BCUT2D eigenvalue weighted by Gasteiger charge is 2.55. The van der Waals surface area contributed by atoms with E-state index in [9.17, 15) is 20.1 Å². The lowest BCUT2D eigenvalue weighted by molar-refractivity contribution is -0.855. The zero-order valence-corrected chi connectivity index (χ0v) is 28.6. The first-order valence-electron chi connectivity index (χ1n) is 18.2. The van der Waals surface area contributed by atoms with Gasteiger partial charge in [-0.25, -0.2) is 0 Å². The molecular formula is C41H47N4O5+. The number of hydrogen-bond donors (Lipinski definition) is 6. The number of benzene rings is 3. The molecule has 3 heterocycles. The number of nitrogens with one attached hydrogen (secondary N) is 2. The van der Waals surface area contributed by atoms with Gasteiger partial charge in [0, 0.05) is 41.3 Å². The maximum atomic E-state index is 12.5. The third-order valence-electron chi connectivity index (χ3n) is 11.6. The number of rotatable bonds is 13. The summed E-state index contributed by atoms with van der Waals surface area (Å²) in [6.07, 6.45) is 8.34. The molecule has 260 valence electrons. The molecule has 9 nitrogen and oxygen atoms in total. The number of hydrogen-bond acceptors (Lipinski definition) is 8. The van der Waals surface area contributed by atoms with Gasteiger partial charge in [0.2, 0.25) is 6.73 Å². The van der Waals surface area contributed by atoms with E-state index in [0.717, 1.165) is 59.6 Å². The van der Waals surface area contributed by atoms with Crippen molar-refractivity contribution in [3.8, 4) is 22.6 Å². The molecule has 6 atom stereocenters. The number of aliphatic hydroxyl groups excluding tert-OH is 2. The highest BCUT2D eigenvalue weighted by atomic mass is 16.5. The second kappa shape index (κ2) is 13.1. The van der Waals surface area contributed by atoms with Crippen molar-refractivity contribution in [2.75, 3.05) is 18.6 Å². The van der Waals surface area contributed by atoms with Gasteiger partial charge in [-0.3, -0.25) is 14.7 Å². The van der Waals surface area contributed by atoms with Crippen molar-refractivity contribution in [1.82, 2.24) is 0 Å². The Labute approximate surface area is 293 Å². The number of anilines is 1. The number of allylic oxidation sites excluding steroid dienone is 1. The third-order valence-corrected chi connectivity index (χ3v) is 11.6. The molecular weight excluding hydrogens is 628 g/mol. The number of aromatic hydroxyl groups is 1. The number of phenols is 1. The van der Waals surface area contributed by atoms with Gasteiger partial charge < -0.3 is 31.1 Å². The van der Waals surface area contributed by atoms with Crippen LogP contribution < -0.4 is 20.7 Å². The molecule has 9 heteroatoms. The first-order valence-corrected chi connectivity index (χ1v) is 18.2. The van der Waals surface area contributed by atoms with Crippen LogP contribution in [0.1, 0.15) is 92.6 Å². The minimum Gasteiger partial charge on any atom is -0.504 e. The number of phenolic OH excluding ortho intramolecular Hbond substituents is 1. The van der Waals surface area contributed by atoms with Crippen molar-refractivity contribution in [1.29, 1.82) is 0 Å². The van der Waals surface area contributed by atoms with E-state index in [-0.39, 0.29) is 42.4 Å². The monoisotopic (exact) mass is 675 g/mol. The Morgan fingerprint density at radius 2 is 1.96 bits per heavy atom. The minimum absolute atomic E-state index is 0.0304. The SMILES string of the molecule is CCCC(O)CC(O)CC(=O)CCc1ccc(O)c(OC[NH+]2C=C3N=CC(C45CCCC4c4cccc6c4-c4c(cccc45)C(N)N6)=C3C2)c1. The molecule has 2 aliphatic carbocycles. The lowest BCUT2D eigenvalue weighted by atomic mass is 9.57. The summed E-state index contributed by atoms with van der Waals surface area (Å²) in [5, 5.41) is 34.3. The first-order chi connectivity index (χ1) is 24.3. The highest BCUT2D eigenvalue weighted by Crippen LogP contribution is 2.65. The van der Waals surface area contributed by atoms with Crippen molar-refractivity contribution in [3.63, 3.8) is 0 Å². The zero-order valence-electron chi connectivity index (χ0n) is 28.6. The molecule has 5 aliphatic rings. The van der Waals surface area contributed by atoms with Gasteiger partial charge in [0.25, 0.3) is 0 Å². The largest absolute Gasteiger partial charge is 0.504 e. The van der Waals surface area contributed by atoms with E-state index < -0.39 is 12.2 Å². The number of Topliss-reactive ketones (excluding diaryl/α,β-unsaturated/α-hetero) is 1. The van der Waals surface area contributed by atoms with Crippen LogP contribution in [0.2, 0.25) is 0 Å². The molecule has 0 radical (unpaired) electrons. The molecule has 0 amide bonds. The van der Waals surface area contributed by atoms with E-state index in [2.05, 4.69) is 54.1 Å². The Morgan fingerprint density at radius 3 is 2.82 bits per heavy atom. The topological polar surface area (TPSA) is 142 Å². The third kappa shape index (κ3) is 5.57. The molecule has 8 rings (SSSR count). The Bertz CT molecular complexity index is 1930. The van der Waals surface area contributed by atoms with Gasteiger partial charge in [-0.15, -0.1) is 0 Å². The van der Waals surface area contributed by atoms with Crippen LogP contribution in [0.25, 0.3) is 11.1 Å². The maximum Gasteiger partial charge on any atom is 0.227 e. The fourth-order valence-corrected chi connectivity index (χ4v) is 9.39. The number of carbonyl (C=O) groups is 1. The number of ether oxygens (including phenoxy) is 1. The Balaban J connectivity index is 0.981. The van der Waals surface area contributed by atoms with E-state index in [1.165, 1.54) is 33.4 Å². The standard InChI is InChI=1S/C41H46N4O5/c1-2-6-25(46)18-27(48)19-26(47)14-12-24-13-15-36(49)37(17-24)50-23-45-21-30-33(20-43-35(30)22-45)41-16-5-10-31(41)28-7-4-11-34-39(28)38-29(40(42)44-34)8-3-9-32(38)41/h3-4,7-9,11,13,15,17,20,22,25,27,31,40,44,46,48-49H,2,5-6,10,12,14,16,18-19,21,23,42H2,1H3/p+1. The van der Waals surface area contributed by atoms with Gasteiger partial charge in [0.15, 0.2) is 11.5 Å². The quantitative estimate of drug-likeness (QED) is 0.151. The number of nitrogens with zero attached hydrogens (tertiary/aromatic N) is 1. The second-order valence-electron chi connectivity index (χ2n) is 14.8. The van der Waals surface area contributed by atoms with Crippen molar-refractivity contribution >= 4 is 17.7 Å². The number of carbonyl (C=O) groups excluding carboxylic acids is 1. The summed E-state index contributed by atoms with van der Waals surface area (Å²) < 4.78 is 6.20. The van der Waals surface area contributed by atoms with Gasteiger partial charge in [-0.2, -0.15) is 0 Å². The van der Waals surface area contributed by atoms with Crippen LogP contribution >= 0.6 is 0 Å². The van der Waals surface area contributed by atoms with Crippen LogP contribution in [-0.4, -0.2) is 52.8 Å². The molecule has 6 unspecified atom stereocenters. The number of nitrogens with two attached hydrogens (primary N) is 1. The molecule has 1 fully saturated rings. The molecule has 3 aliphatic heterocycles. The van der Waals surface area contributed by atoms with Crippen LogP contribution in [-0.2, 0) is 16.6 Å². The minimum atomic E-state index is -0.839. The van der Waals surface area contributed by atoms with Crippen molar-refractivity contribution in [2.45, 2.75) is 94.4 Å². The summed E-state index contributed by atoms with van der Waals surface area (Å²) in [5.74, 6) is 0.738. The van der Waals surface area contributed by atoms with Gasteiger partial charge in [0.05, 0.1) is 12.2 Å².